The standard InChI is InChI=1S/C16H14I2N2O4/c1-23-15-3-9(13(19-7-21)5-11(15)17)10-4-16(24-2)12(18)6-14(10)20-8-22/h3-8H,1-2H3,(H,19,21)(H,20,22). The molecule has 0 aliphatic carbocycles. The molecule has 0 fully saturated rings. The van der Waals surface area contributed by atoms with E-state index in [4.69, 9.17) is 9.47 Å². The molecule has 2 aromatic carbocycles. The molecule has 24 heavy (non-hydrogen) atoms. The van der Waals surface area contributed by atoms with Crippen molar-refractivity contribution >= 4 is 69.4 Å². The van der Waals surface area contributed by atoms with E-state index in [1.54, 1.807) is 26.4 Å². The third-order valence-electron chi connectivity index (χ3n) is 3.30. The average Bonchev–Trinajstić information content (AvgIpc) is 2.56. The van der Waals surface area contributed by atoms with Crippen LogP contribution >= 0.6 is 45.2 Å². The molecular formula is C16H14I2N2O4. The molecule has 0 aromatic heterocycles. The van der Waals surface area contributed by atoms with Crippen LogP contribution < -0.4 is 20.1 Å². The van der Waals surface area contributed by atoms with Crippen LogP contribution in [-0.4, -0.2) is 27.0 Å². The first-order valence-corrected chi connectivity index (χ1v) is 8.87. The predicted octanol–water partition coefficient (Wildman–Crippen LogP) is 3.72. The van der Waals surface area contributed by atoms with Gasteiger partial charge in [0.15, 0.2) is 0 Å². The van der Waals surface area contributed by atoms with Gasteiger partial charge in [-0.3, -0.25) is 9.59 Å². The zero-order valence-electron chi connectivity index (χ0n) is 12.9. The van der Waals surface area contributed by atoms with Crippen LogP contribution in [0.2, 0.25) is 0 Å². The first kappa shape index (κ1) is 18.8. The highest BCUT2D eigenvalue weighted by Gasteiger charge is 2.16. The third-order valence-corrected chi connectivity index (χ3v) is 4.99. The van der Waals surface area contributed by atoms with Gasteiger partial charge < -0.3 is 20.1 Å². The second kappa shape index (κ2) is 8.51. The lowest BCUT2D eigenvalue weighted by Gasteiger charge is -2.17. The number of rotatable bonds is 7. The Kier molecular flexibility index (Phi) is 6.66. The largest absolute Gasteiger partial charge is 0.496 e. The van der Waals surface area contributed by atoms with E-state index in [1.807, 2.05) is 12.1 Å². The van der Waals surface area contributed by atoms with Crippen LogP contribution in [0.1, 0.15) is 0 Å². The van der Waals surface area contributed by atoms with Gasteiger partial charge in [0.25, 0.3) is 0 Å². The van der Waals surface area contributed by atoms with E-state index in [9.17, 15) is 9.59 Å². The Bertz CT molecular complexity index is 716. The van der Waals surface area contributed by atoms with E-state index >= 15 is 0 Å². The molecular weight excluding hydrogens is 538 g/mol. The Morgan fingerprint density at radius 1 is 0.792 bits per heavy atom. The van der Waals surface area contributed by atoms with Gasteiger partial charge in [0.05, 0.1) is 21.4 Å². The fraction of sp³-hybridized carbons (Fsp3) is 0.125. The van der Waals surface area contributed by atoms with Gasteiger partial charge in [-0.25, -0.2) is 0 Å². The third kappa shape index (κ3) is 3.91. The molecule has 0 atom stereocenters. The minimum Gasteiger partial charge on any atom is -0.496 e. The number of carbonyl (C=O) groups excluding carboxylic acids is 2. The Balaban J connectivity index is 2.77. The quantitative estimate of drug-likeness (QED) is 0.406. The summed E-state index contributed by atoms with van der Waals surface area (Å²) in [5.74, 6) is 1.33. The number of benzene rings is 2. The maximum absolute atomic E-state index is 11.0. The van der Waals surface area contributed by atoms with Gasteiger partial charge >= 0.3 is 0 Å². The van der Waals surface area contributed by atoms with Gasteiger partial charge in [0, 0.05) is 22.5 Å². The predicted molar refractivity (Wildman–Crippen MR) is 110 cm³/mol. The molecule has 2 N–H and O–H groups in total. The van der Waals surface area contributed by atoms with E-state index in [1.165, 1.54) is 0 Å². The molecule has 0 spiro atoms. The summed E-state index contributed by atoms with van der Waals surface area (Å²) < 4.78 is 12.5. The molecule has 0 aliphatic rings. The second-order valence-corrected chi connectivity index (χ2v) is 6.91. The normalized spacial score (nSPS) is 10.0. The van der Waals surface area contributed by atoms with Crippen LogP contribution in [-0.2, 0) is 9.59 Å². The SMILES string of the molecule is COc1cc(-c2cc(OC)c(I)cc2NC=O)c(NC=O)cc1I. The summed E-state index contributed by atoms with van der Waals surface area (Å²) in [4.78, 5) is 21.9. The number of methoxy groups -OCH3 is 2. The number of hydrogen-bond donors (Lipinski definition) is 2. The fourth-order valence-electron chi connectivity index (χ4n) is 2.23. The van der Waals surface area contributed by atoms with Crippen molar-refractivity contribution in [1.82, 2.24) is 0 Å². The highest BCUT2D eigenvalue weighted by atomic mass is 127. The van der Waals surface area contributed by atoms with Crippen molar-refractivity contribution in [2.75, 3.05) is 24.9 Å². The number of carbonyl (C=O) groups is 2. The zero-order valence-corrected chi connectivity index (χ0v) is 17.2. The van der Waals surface area contributed by atoms with Crippen LogP contribution in [0.4, 0.5) is 11.4 Å². The zero-order chi connectivity index (χ0) is 17.7. The Morgan fingerprint density at radius 3 is 1.46 bits per heavy atom. The number of anilines is 2. The van der Waals surface area contributed by atoms with E-state index in [2.05, 4.69) is 55.8 Å². The van der Waals surface area contributed by atoms with Gasteiger partial charge in [0.2, 0.25) is 12.8 Å². The summed E-state index contributed by atoms with van der Waals surface area (Å²) in [5.41, 5.74) is 2.62. The number of ether oxygens (including phenoxy) is 2. The fourth-order valence-corrected chi connectivity index (χ4v) is 3.61. The molecule has 0 saturated carbocycles. The Hall–Kier alpha value is -1.56. The first-order valence-electron chi connectivity index (χ1n) is 6.71. The highest BCUT2D eigenvalue weighted by molar-refractivity contribution is 14.1. The van der Waals surface area contributed by atoms with Crippen molar-refractivity contribution in [1.29, 1.82) is 0 Å². The maximum atomic E-state index is 11.0. The summed E-state index contributed by atoms with van der Waals surface area (Å²) >= 11 is 4.26. The molecule has 2 amide bonds. The van der Waals surface area contributed by atoms with Crippen molar-refractivity contribution < 1.29 is 19.1 Å². The van der Waals surface area contributed by atoms with Crippen molar-refractivity contribution in [3.05, 3.63) is 31.4 Å². The number of amides is 2. The van der Waals surface area contributed by atoms with Crippen molar-refractivity contribution in [2.24, 2.45) is 0 Å². The molecule has 126 valence electrons. The summed E-state index contributed by atoms with van der Waals surface area (Å²) in [7, 11) is 3.15. The van der Waals surface area contributed by atoms with Crippen molar-refractivity contribution in [3.63, 3.8) is 0 Å². The van der Waals surface area contributed by atoms with Crippen LogP contribution in [0, 0.1) is 7.14 Å². The van der Waals surface area contributed by atoms with E-state index in [0.29, 0.717) is 46.8 Å². The lowest BCUT2D eigenvalue weighted by Crippen LogP contribution is -2.03. The first-order chi connectivity index (χ1) is 11.5. The summed E-state index contributed by atoms with van der Waals surface area (Å²) in [6.07, 6.45) is 1.22. The minimum atomic E-state index is 0.604. The summed E-state index contributed by atoms with van der Waals surface area (Å²) in [6, 6.07) is 7.23. The molecule has 0 aliphatic heterocycles. The van der Waals surface area contributed by atoms with Gasteiger partial charge in [-0.1, -0.05) is 0 Å². The summed E-state index contributed by atoms with van der Waals surface area (Å²) in [5, 5.41) is 5.38. The second-order valence-electron chi connectivity index (χ2n) is 4.59. The Labute approximate surface area is 166 Å². The molecule has 0 heterocycles. The van der Waals surface area contributed by atoms with Crippen LogP contribution in [0.5, 0.6) is 11.5 Å². The van der Waals surface area contributed by atoms with E-state index in [-0.39, 0.29) is 0 Å². The number of hydrogen-bond acceptors (Lipinski definition) is 4. The average molecular weight is 552 g/mol. The number of nitrogens with one attached hydrogen (secondary N) is 2. The molecule has 2 rings (SSSR count). The molecule has 0 saturated heterocycles. The molecule has 6 nitrogen and oxygen atoms in total. The van der Waals surface area contributed by atoms with Gasteiger partial charge in [-0.05, 0) is 69.4 Å². The van der Waals surface area contributed by atoms with Gasteiger partial charge in [-0.2, -0.15) is 0 Å². The molecule has 8 heteroatoms. The maximum Gasteiger partial charge on any atom is 0.211 e. The van der Waals surface area contributed by atoms with Crippen LogP contribution in [0.3, 0.4) is 0 Å². The van der Waals surface area contributed by atoms with Crippen LogP contribution in [0.25, 0.3) is 11.1 Å². The lowest BCUT2D eigenvalue weighted by molar-refractivity contribution is -0.106. The minimum absolute atomic E-state index is 0.604. The van der Waals surface area contributed by atoms with Crippen molar-refractivity contribution in [3.8, 4) is 22.6 Å². The van der Waals surface area contributed by atoms with E-state index in [0.717, 1.165) is 7.14 Å². The molecule has 0 radical (unpaired) electrons. The summed E-state index contributed by atoms with van der Waals surface area (Å²) in [6.45, 7) is 0. The monoisotopic (exact) mass is 552 g/mol. The Morgan fingerprint density at radius 2 is 1.17 bits per heavy atom. The lowest BCUT2D eigenvalue weighted by atomic mass is 10.0. The smallest absolute Gasteiger partial charge is 0.211 e. The molecule has 2 aromatic rings. The van der Waals surface area contributed by atoms with Crippen molar-refractivity contribution in [2.45, 2.75) is 0 Å². The topological polar surface area (TPSA) is 76.7 Å². The number of halogens is 2. The van der Waals surface area contributed by atoms with Gasteiger partial charge in [0.1, 0.15) is 11.5 Å². The van der Waals surface area contributed by atoms with Gasteiger partial charge in [-0.15, -0.1) is 0 Å². The van der Waals surface area contributed by atoms with E-state index < -0.39 is 0 Å². The highest BCUT2D eigenvalue weighted by Crippen LogP contribution is 2.41. The van der Waals surface area contributed by atoms with Crippen LogP contribution in [0.15, 0.2) is 24.3 Å². The molecule has 0 unspecified atom stereocenters. The molecule has 0 bridgehead atoms.